The van der Waals surface area contributed by atoms with Crippen molar-refractivity contribution in [2.45, 2.75) is 26.6 Å². The summed E-state index contributed by atoms with van der Waals surface area (Å²) in [6.07, 6.45) is -4.40. The number of nitrogen functional groups attached to an aromatic ring is 1. The average molecular weight is 295 g/mol. The molecule has 0 aromatic heterocycles. The molecule has 2 N–H and O–H groups in total. The largest absolute Gasteiger partial charge is 0.487 e. The van der Waals surface area contributed by atoms with Gasteiger partial charge in [-0.15, -0.1) is 0 Å². The van der Waals surface area contributed by atoms with E-state index in [1.54, 1.807) is 0 Å². The fourth-order valence-corrected chi connectivity index (χ4v) is 1.97. The first kappa shape index (κ1) is 15.2. The number of ether oxygens (including phenoxy) is 1. The minimum Gasteiger partial charge on any atom is -0.487 e. The molecule has 0 spiro atoms. The Kier molecular flexibility index (Phi) is 4.11. The number of nitrogens with two attached hydrogens (primary N) is 1. The molecule has 0 bridgehead atoms. The molecule has 0 saturated carbocycles. The number of hydrogen-bond donors (Lipinski definition) is 1. The molecule has 0 unspecified atom stereocenters. The Balaban J connectivity index is 2.15. The second kappa shape index (κ2) is 5.68. The molecule has 0 atom stereocenters. The number of halogens is 3. The van der Waals surface area contributed by atoms with Crippen molar-refractivity contribution in [1.82, 2.24) is 0 Å². The van der Waals surface area contributed by atoms with Crippen molar-refractivity contribution >= 4 is 5.69 Å². The molecule has 5 heteroatoms. The van der Waals surface area contributed by atoms with E-state index in [0.717, 1.165) is 28.8 Å². The summed E-state index contributed by atoms with van der Waals surface area (Å²) in [4.78, 5) is 0. The smallest absolute Gasteiger partial charge is 0.416 e. The highest BCUT2D eigenvalue weighted by molar-refractivity contribution is 5.54. The van der Waals surface area contributed by atoms with Crippen molar-refractivity contribution in [2.75, 3.05) is 5.73 Å². The van der Waals surface area contributed by atoms with E-state index in [0.29, 0.717) is 0 Å². The molecule has 2 aromatic rings. The van der Waals surface area contributed by atoms with Gasteiger partial charge < -0.3 is 10.5 Å². The van der Waals surface area contributed by atoms with Gasteiger partial charge in [-0.25, -0.2) is 0 Å². The molecule has 2 rings (SSSR count). The third kappa shape index (κ3) is 3.68. The molecule has 0 radical (unpaired) electrons. The second-order valence-electron chi connectivity index (χ2n) is 4.97. The number of aryl methyl sites for hydroxylation is 2. The summed E-state index contributed by atoms with van der Waals surface area (Å²) in [5.41, 5.74) is 7.97. The molecule has 2 aromatic carbocycles. The normalized spacial score (nSPS) is 11.5. The average Bonchev–Trinajstić information content (AvgIpc) is 2.40. The van der Waals surface area contributed by atoms with Crippen molar-refractivity contribution in [1.29, 1.82) is 0 Å². The number of hydrogen-bond acceptors (Lipinski definition) is 2. The highest BCUT2D eigenvalue weighted by atomic mass is 19.4. The Hall–Kier alpha value is -2.17. The third-order valence-corrected chi connectivity index (χ3v) is 3.22. The Morgan fingerprint density at radius 3 is 2.38 bits per heavy atom. The van der Waals surface area contributed by atoms with E-state index in [2.05, 4.69) is 0 Å². The molecule has 0 amide bonds. The van der Waals surface area contributed by atoms with E-state index in [9.17, 15) is 13.2 Å². The molecule has 112 valence electrons. The first-order valence-electron chi connectivity index (χ1n) is 6.43. The van der Waals surface area contributed by atoms with Crippen LogP contribution in [-0.2, 0) is 12.8 Å². The molecular weight excluding hydrogens is 279 g/mol. The van der Waals surface area contributed by atoms with Gasteiger partial charge >= 0.3 is 6.18 Å². The molecule has 2 nitrogen and oxygen atoms in total. The van der Waals surface area contributed by atoms with Gasteiger partial charge in [0, 0.05) is 0 Å². The molecule has 0 aliphatic rings. The van der Waals surface area contributed by atoms with E-state index in [1.165, 1.54) is 6.07 Å². The Morgan fingerprint density at radius 2 is 1.76 bits per heavy atom. The van der Waals surface area contributed by atoms with Crippen LogP contribution in [0.2, 0.25) is 0 Å². The number of alkyl halides is 3. The predicted octanol–water partition coefficient (Wildman–Crippen LogP) is 4.48. The van der Waals surface area contributed by atoms with Crippen LogP contribution in [0, 0.1) is 13.8 Å². The van der Waals surface area contributed by atoms with Crippen LogP contribution < -0.4 is 10.5 Å². The van der Waals surface area contributed by atoms with E-state index in [4.69, 9.17) is 10.5 Å². The van der Waals surface area contributed by atoms with Gasteiger partial charge in [0.05, 0.1) is 11.3 Å². The molecule has 0 saturated heterocycles. The maximum absolute atomic E-state index is 12.6. The fraction of sp³-hybridized carbons (Fsp3) is 0.250. The highest BCUT2D eigenvalue weighted by Gasteiger charge is 2.30. The standard InChI is InChI=1S/C16H16F3NO/c1-10-3-4-11(2)12(7-10)9-21-15-6-5-13(8-14(15)20)16(17,18)19/h3-8H,9,20H2,1-2H3. The lowest BCUT2D eigenvalue weighted by atomic mass is 10.1. The zero-order valence-electron chi connectivity index (χ0n) is 11.8. The maximum atomic E-state index is 12.6. The number of rotatable bonds is 3. The highest BCUT2D eigenvalue weighted by Crippen LogP contribution is 2.34. The van der Waals surface area contributed by atoms with Crippen LogP contribution in [0.15, 0.2) is 36.4 Å². The molecule has 0 heterocycles. The monoisotopic (exact) mass is 295 g/mol. The predicted molar refractivity (Wildman–Crippen MR) is 76.1 cm³/mol. The quantitative estimate of drug-likeness (QED) is 0.847. The zero-order chi connectivity index (χ0) is 15.6. The molecule has 0 aliphatic heterocycles. The summed E-state index contributed by atoms with van der Waals surface area (Å²) < 4.78 is 43.2. The molecule has 21 heavy (non-hydrogen) atoms. The van der Waals surface area contributed by atoms with Crippen molar-refractivity contribution in [3.8, 4) is 5.75 Å². The van der Waals surface area contributed by atoms with Gasteiger partial charge in [-0.05, 0) is 43.2 Å². The van der Waals surface area contributed by atoms with Gasteiger partial charge in [0.25, 0.3) is 0 Å². The summed E-state index contributed by atoms with van der Waals surface area (Å²) in [7, 11) is 0. The van der Waals surface area contributed by atoms with E-state index in [1.807, 2.05) is 32.0 Å². The first-order chi connectivity index (χ1) is 9.77. The van der Waals surface area contributed by atoms with Gasteiger partial charge in [-0.2, -0.15) is 13.2 Å². The van der Waals surface area contributed by atoms with Crippen molar-refractivity contribution in [3.63, 3.8) is 0 Å². The second-order valence-corrected chi connectivity index (χ2v) is 4.97. The summed E-state index contributed by atoms with van der Waals surface area (Å²) in [5, 5.41) is 0. The van der Waals surface area contributed by atoms with Gasteiger partial charge in [-0.1, -0.05) is 23.8 Å². The fourth-order valence-electron chi connectivity index (χ4n) is 1.97. The van der Waals surface area contributed by atoms with Crippen LogP contribution in [-0.4, -0.2) is 0 Å². The molecule has 0 aliphatic carbocycles. The number of benzene rings is 2. The van der Waals surface area contributed by atoms with Gasteiger partial charge in [-0.3, -0.25) is 0 Å². The van der Waals surface area contributed by atoms with Crippen LogP contribution in [0.4, 0.5) is 18.9 Å². The van der Waals surface area contributed by atoms with Crippen LogP contribution in [0.3, 0.4) is 0 Å². The molecule has 0 fully saturated rings. The first-order valence-corrected chi connectivity index (χ1v) is 6.43. The minimum absolute atomic E-state index is 0.0184. The lowest BCUT2D eigenvalue weighted by molar-refractivity contribution is -0.137. The minimum atomic E-state index is -4.40. The Morgan fingerprint density at radius 1 is 1.05 bits per heavy atom. The van der Waals surface area contributed by atoms with Gasteiger partial charge in [0.1, 0.15) is 12.4 Å². The lowest BCUT2D eigenvalue weighted by Gasteiger charge is -2.13. The van der Waals surface area contributed by atoms with Crippen molar-refractivity contribution in [3.05, 3.63) is 58.7 Å². The van der Waals surface area contributed by atoms with E-state index in [-0.39, 0.29) is 18.0 Å². The summed E-state index contributed by atoms with van der Waals surface area (Å²) in [6, 6.07) is 9.06. The van der Waals surface area contributed by atoms with Crippen LogP contribution in [0.1, 0.15) is 22.3 Å². The van der Waals surface area contributed by atoms with Crippen molar-refractivity contribution < 1.29 is 17.9 Å². The summed E-state index contributed by atoms with van der Waals surface area (Å²) in [6.45, 7) is 4.19. The SMILES string of the molecule is Cc1ccc(C)c(COc2ccc(C(F)(F)F)cc2N)c1. The maximum Gasteiger partial charge on any atom is 0.416 e. The summed E-state index contributed by atoms with van der Waals surface area (Å²) in [5.74, 6) is 0.254. The van der Waals surface area contributed by atoms with Gasteiger partial charge in [0.15, 0.2) is 0 Å². The van der Waals surface area contributed by atoms with Crippen LogP contribution in [0.25, 0.3) is 0 Å². The topological polar surface area (TPSA) is 35.2 Å². The van der Waals surface area contributed by atoms with Gasteiger partial charge in [0.2, 0.25) is 0 Å². The van der Waals surface area contributed by atoms with Crippen LogP contribution >= 0.6 is 0 Å². The summed E-state index contributed by atoms with van der Waals surface area (Å²) >= 11 is 0. The van der Waals surface area contributed by atoms with Crippen LogP contribution in [0.5, 0.6) is 5.75 Å². The van der Waals surface area contributed by atoms with E-state index >= 15 is 0 Å². The van der Waals surface area contributed by atoms with E-state index < -0.39 is 11.7 Å². The Labute approximate surface area is 121 Å². The molecular formula is C16H16F3NO. The lowest BCUT2D eigenvalue weighted by Crippen LogP contribution is -2.07. The zero-order valence-corrected chi connectivity index (χ0v) is 11.8. The Bertz CT molecular complexity index is 650. The van der Waals surface area contributed by atoms with Crippen molar-refractivity contribution in [2.24, 2.45) is 0 Å². The third-order valence-electron chi connectivity index (χ3n) is 3.22. The number of anilines is 1.